The molecular formula is C16H24N2O2. The van der Waals surface area contributed by atoms with Crippen LogP contribution in [0.4, 0.5) is 0 Å². The zero-order chi connectivity index (χ0) is 14.5. The maximum Gasteiger partial charge on any atom is 0.221 e. The van der Waals surface area contributed by atoms with Crippen molar-refractivity contribution in [2.24, 2.45) is 11.7 Å². The fraction of sp³-hybridized carbons (Fsp3) is 0.562. The molecule has 4 heteroatoms. The van der Waals surface area contributed by atoms with Crippen LogP contribution in [-0.2, 0) is 22.7 Å². The topological polar surface area (TPSA) is 55.6 Å². The van der Waals surface area contributed by atoms with Crippen LogP contribution in [0.1, 0.15) is 31.4 Å². The van der Waals surface area contributed by atoms with E-state index in [1.54, 1.807) is 0 Å². The minimum atomic E-state index is -0.174. The van der Waals surface area contributed by atoms with E-state index in [4.69, 9.17) is 10.5 Å². The first-order valence-corrected chi connectivity index (χ1v) is 7.25. The molecule has 4 nitrogen and oxygen atoms in total. The Bertz CT molecular complexity index is 460. The van der Waals surface area contributed by atoms with Crippen molar-refractivity contribution in [1.82, 2.24) is 4.90 Å². The summed E-state index contributed by atoms with van der Waals surface area (Å²) in [5.41, 5.74) is 7.82. The summed E-state index contributed by atoms with van der Waals surface area (Å²) < 4.78 is 5.63. The number of nitrogens with zero attached hydrogens (tertiary/aromatic N) is 1. The predicted octanol–water partition coefficient (Wildman–Crippen LogP) is 1.92. The molecule has 2 N–H and O–H groups in total. The van der Waals surface area contributed by atoms with Gasteiger partial charge in [-0.2, -0.15) is 0 Å². The molecule has 1 heterocycles. The van der Waals surface area contributed by atoms with E-state index in [2.05, 4.69) is 29.2 Å². The Morgan fingerprint density at radius 3 is 2.85 bits per heavy atom. The van der Waals surface area contributed by atoms with Crippen molar-refractivity contribution >= 4 is 5.91 Å². The van der Waals surface area contributed by atoms with E-state index in [0.717, 1.165) is 26.1 Å². The zero-order valence-electron chi connectivity index (χ0n) is 12.3. The van der Waals surface area contributed by atoms with Crippen molar-refractivity contribution in [2.45, 2.75) is 39.5 Å². The summed E-state index contributed by atoms with van der Waals surface area (Å²) in [7, 11) is 0. The van der Waals surface area contributed by atoms with E-state index in [1.807, 2.05) is 13.8 Å². The average Bonchev–Trinajstić information content (AvgIpc) is 2.85. The molecule has 0 aromatic heterocycles. The van der Waals surface area contributed by atoms with Crippen molar-refractivity contribution in [3.8, 4) is 0 Å². The van der Waals surface area contributed by atoms with Gasteiger partial charge < -0.3 is 10.5 Å². The lowest BCUT2D eigenvalue weighted by Gasteiger charge is -2.16. The number of nitrogens with two attached hydrogens (primary N) is 1. The lowest BCUT2D eigenvalue weighted by atomic mass is 10.1. The molecule has 1 atom stereocenters. The molecule has 0 radical (unpaired) electrons. The molecule has 20 heavy (non-hydrogen) atoms. The first kappa shape index (κ1) is 15.0. The number of hydrogen-bond donors (Lipinski definition) is 1. The maximum absolute atomic E-state index is 11.2. The highest BCUT2D eigenvalue weighted by Crippen LogP contribution is 2.19. The maximum atomic E-state index is 11.2. The van der Waals surface area contributed by atoms with Gasteiger partial charge in [-0.05, 0) is 37.9 Å². The minimum Gasteiger partial charge on any atom is -0.374 e. The van der Waals surface area contributed by atoms with Gasteiger partial charge in [0.1, 0.15) is 0 Å². The van der Waals surface area contributed by atoms with Crippen molar-refractivity contribution in [3.63, 3.8) is 0 Å². The number of benzene rings is 1. The van der Waals surface area contributed by atoms with Crippen LogP contribution in [0.25, 0.3) is 0 Å². The Balaban J connectivity index is 1.90. The number of hydrogen-bond acceptors (Lipinski definition) is 3. The molecule has 110 valence electrons. The second-order valence-electron chi connectivity index (χ2n) is 5.80. The summed E-state index contributed by atoms with van der Waals surface area (Å²) in [6.45, 7) is 7.33. The van der Waals surface area contributed by atoms with Gasteiger partial charge in [0.15, 0.2) is 0 Å². The Kier molecular flexibility index (Phi) is 5.15. The van der Waals surface area contributed by atoms with Gasteiger partial charge in [-0.3, -0.25) is 9.69 Å². The van der Waals surface area contributed by atoms with Gasteiger partial charge in [-0.25, -0.2) is 0 Å². The largest absolute Gasteiger partial charge is 0.374 e. The van der Waals surface area contributed by atoms with Gasteiger partial charge in [0.05, 0.1) is 18.6 Å². The zero-order valence-corrected chi connectivity index (χ0v) is 12.3. The number of carbonyl (C=O) groups excluding carboxylic acids is 1. The Hall–Kier alpha value is -1.39. The van der Waals surface area contributed by atoms with E-state index in [1.165, 1.54) is 11.1 Å². The summed E-state index contributed by atoms with van der Waals surface area (Å²) in [6, 6.07) is 8.45. The summed E-state index contributed by atoms with van der Waals surface area (Å²) in [4.78, 5) is 13.5. The molecule has 0 spiro atoms. The highest BCUT2D eigenvalue weighted by atomic mass is 16.5. The van der Waals surface area contributed by atoms with Gasteiger partial charge in [-0.1, -0.05) is 24.3 Å². The lowest BCUT2D eigenvalue weighted by molar-refractivity contribution is -0.121. The van der Waals surface area contributed by atoms with Gasteiger partial charge in [0.25, 0.3) is 0 Å². The third kappa shape index (κ3) is 4.32. The molecule has 2 rings (SSSR count). The Morgan fingerprint density at radius 1 is 1.45 bits per heavy atom. The molecule has 0 saturated carbocycles. The van der Waals surface area contributed by atoms with Crippen molar-refractivity contribution < 1.29 is 9.53 Å². The summed E-state index contributed by atoms with van der Waals surface area (Å²) in [5, 5.41) is 0. The second kappa shape index (κ2) is 6.86. The predicted molar refractivity (Wildman–Crippen MR) is 78.9 cm³/mol. The van der Waals surface area contributed by atoms with Crippen molar-refractivity contribution in [1.29, 1.82) is 0 Å². The van der Waals surface area contributed by atoms with E-state index in [-0.39, 0.29) is 17.9 Å². The fourth-order valence-corrected chi connectivity index (χ4v) is 2.55. The molecule has 1 aliphatic rings. The van der Waals surface area contributed by atoms with Crippen molar-refractivity contribution in [3.05, 3.63) is 35.4 Å². The number of likely N-dealkylation sites (tertiary alicyclic amines) is 1. The van der Waals surface area contributed by atoms with Crippen LogP contribution in [0.3, 0.4) is 0 Å². The summed E-state index contributed by atoms with van der Waals surface area (Å²) in [5.74, 6) is -0.158. The molecule has 1 aromatic rings. The van der Waals surface area contributed by atoms with Crippen LogP contribution in [0.15, 0.2) is 24.3 Å². The molecule has 1 fully saturated rings. The normalized spacial score (nSPS) is 19.6. The van der Waals surface area contributed by atoms with Crippen molar-refractivity contribution in [2.75, 3.05) is 13.1 Å². The van der Waals surface area contributed by atoms with E-state index in [9.17, 15) is 4.79 Å². The Morgan fingerprint density at radius 2 is 2.20 bits per heavy atom. The highest BCUT2D eigenvalue weighted by Gasteiger charge is 2.26. The third-order valence-electron chi connectivity index (χ3n) is 3.66. The fourth-order valence-electron chi connectivity index (χ4n) is 2.55. The van der Waals surface area contributed by atoms with Crippen LogP contribution < -0.4 is 5.73 Å². The molecule has 1 aromatic carbocycles. The molecule has 1 aliphatic heterocycles. The molecule has 1 amide bonds. The summed E-state index contributed by atoms with van der Waals surface area (Å²) >= 11 is 0. The average molecular weight is 276 g/mol. The second-order valence-corrected chi connectivity index (χ2v) is 5.80. The molecule has 0 aliphatic carbocycles. The summed E-state index contributed by atoms with van der Waals surface area (Å²) in [6.07, 6.45) is 1.12. The first-order valence-electron chi connectivity index (χ1n) is 7.25. The first-order chi connectivity index (χ1) is 9.54. The number of carbonyl (C=O) groups is 1. The van der Waals surface area contributed by atoms with E-state index in [0.29, 0.717) is 6.61 Å². The van der Waals surface area contributed by atoms with Gasteiger partial charge >= 0.3 is 0 Å². The number of amides is 1. The minimum absolute atomic E-state index is 0.0162. The van der Waals surface area contributed by atoms with Crippen LogP contribution in [0.5, 0.6) is 0 Å². The van der Waals surface area contributed by atoms with Gasteiger partial charge in [0.2, 0.25) is 5.91 Å². The number of primary amides is 1. The van der Waals surface area contributed by atoms with E-state index >= 15 is 0 Å². The lowest BCUT2D eigenvalue weighted by Crippen LogP contribution is -2.27. The highest BCUT2D eigenvalue weighted by molar-refractivity contribution is 5.77. The molecule has 1 saturated heterocycles. The monoisotopic (exact) mass is 276 g/mol. The van der Waals surface area contributed by atoms with Crippen LogP contribution in [-0.4, -0.2) is 30.0 Å². The molecular weight excluding hydrogens is 252 g/mol. The molecule has 0 bridgehead atoms. The van der Waals surface area contributed by atoms with Crippen LogP contribution in [0.2, 0.25) is 0 Å². The van der Waals surface area contributed by atoms with Crippen LogP contribution in [0, 0.1) is 5.92 Å². The molecule has 1 unspecified atom stereocenters. The van der Waals surface area contributed by atoms with Gasteiger partial charge in [0, 0.05) is 13.1 Å². The number of rotatable bonds is 6. The third-order valence-corrected chi connectivity index (χ3v) is 3.66. The quantitative estimate of drug-likeness (QED) is 0.863. The smallest absolute Gasteiger partial charge is 0.221 e. The number of ether oxygens (including phenoxy) is 1. The standard InChI is InChI=1S/C16H24N2O2/c1-12(2)20-11-14-5-3-4-13(8-14)9-18-7-6-15(10-18)16(17)19/h3-5,8,12,15H,6-7,9-11H2,1-2H3,(H2,17,19). The Labute approximate surface area is 120 Å². The van der Waals surface area contributed by atoms with E-state index < -0.39 is 0 Å². The van der Waals surface area contributed by atoms with Crippen LogP contribution >= 0.6 is 0 Å². The van der Waals surface area contributed by atoms with Gasteiger partial charge in [-0.15, -0.1) is 0 Å². The SMILES string of the molecule is CC(C)OCc1cccc(CN2CCC(C(N)=O)C2)c1.